The van der Waals surface area contributed by atoms with Crippen LogP contribution in [0.1, 0.15) is 25.7 Å². The molecular formula is C16H19FN4O2. The standard InChI is InChI=1S/C16H19FN4O2/c17-11-3-5-12(6-4-11)18-13-2-1-9-21(10-13)16(23)14-7-8-15(22)20-19-14/h3-6,13,18H,1-2,7-10H2,(H,20,22)/t13-/m1/s1. The van der Waals surface area contributed by atoms with E-state index in [1.807, 2.05) is 0 Å². The van der Waals surface area contributed by atoms with Crippen LogP contribution in [0.4, 0.5) is 10.1 Å². The Bertz CT molecular complexity index is 629. The third kappa shape index (κ3) is 3.85. The Hall–Kier alpha value is -2.44. The van der Waals surface area contributed by atoms with E-state index in [2.05, 4.69) is 15.8 Å². The molecule has 0 saturated carbocycles. The van der Waals surface area contributed by atoms with Crippen LogP contribution in [0.25, 0.3) is 0 Å². The highest BCUT2D eigenvalue weighted by Crippen LogP contribution is 2.17. The largest absolute Gasteiger partial charge is 0.381 e. The molecule has 1 atom stereocenters. The fourth-order valence-electron chi connectivity index (χ4n) is 2.87. The summed E-state index contributed by atoms with van der Waals surface area (Å²) in [5.41, 5.74) is 3.61. The number of carbonyl (C=O) groups is 2. The lowest BCUT2D eigenvalue weighted by Crippen LogP contribution is -2.48. The highest BCUT2D eigenvalue weighted by molar-refractivity contribution is 6.39. The SMILES string of the molecule is O=C1CCC(C(=O)N2CCC[C@@H](Nc3ccc(F)cc3)C2)=NN1. The molecule has 0 spiro atoms. The molecule has 2 aliphatic rings. The fourth-order valence-corrected chi connectivity index (χ4v) is 2.87. The van der Waals surface area contributed by atoms with Gasteiger partial charge in [0, 0.05) is 37.7 Å². The number of benzene rings is 1. The van der Waals surface area contributed by atoms with Crippen molar-refractivity contribution in [3.63, 3.8) is 0 Å². The molecule has 1 aromatic carbocycles. The maximum absolute atomic E-state index is 12.9. The minimum atomic E-state index is -0.270. The zero-order chi connectivity index (χ0) is 16.2. The van der Waals surface area contributed by atoms with Crippen LogP contribution in [-0.2, 0) is 9.59 Å². The number of carbonyl (C=O) groups excluding carboxylic acids is 2. The molecule has 1 aromatic rings. The molecule has 0 aromatic heterocycles. The molecule has 3 rings (SSSR count). The molecule has 2 heterocycles. The van der Waals surface area contributed by atoms with E-state index in [1.165, 1.54) is 12.1 Å². The second-order valence-electron chi connectivity index (χ2n) is 5.84. The Morgan fingerprint density at radius 1 is 1.30 bits per heavy atom. The average Bonchev–Trinajstić information content (AvgIpc) is 2.57. The smallest absolute Gasteiger partial charge is 0.270 e. The summed E-state index contributed by atoms with van der Waals surface area (Å²) in [6.45, 7) is 1.26. The minimum absolute atomic E-state index is 0.115. The van der Waals surface area contributed by atoms with Crippen molar-refractivity contribution in [2.75, 3.05) is 18.4 Å². The highest BCUT2D eigenvalue weighted by atomic mass is 19.1. The Morgan fingerprint density at radius 2 is 2.09 bits per heavy atom. The average molecular weight is 318 g/mol. The Kier molecular flexibility index (Phi) is 4.55. The number of hydrazone groups is 1. The molecule has 0 bridgehead atoms. The first-order chi connectivity index (χ1) is 11.1. The van der Waals surface area contributed by atoms with Gasteiger partial charge in [-0.15, -0.1) is 0 Å². The van der Waals surface area contributed by atoms with Crippen molar-refractivity contribution >= 4 is 23.2 Å². The molecule has 23 heavy (non-hydrogen) atoms. The van der Waals surface area contributed by atoms with Gasteiger partial charge in [-0.1, -0.05) is 0 Å². The lowest BCUT2D eigenvalue weighted by Gasteiger charge is -2.34. The predicted octanol–water partition coefficient (Wildman–Crippen LogP) is 1.49. The zero-order valence-corrected chi connectivity index (χ0v) is 12.7. The number of anilines is 1. The van der Waals surface area contributed by atoms with E-state index in [0.717, 1.165) is 18.5 Å². The topological polar surface area (TPSA) is 73.8 Å². The maximum atomic E-state index is 12.9. The van der Waals surface area contributed by atoms with Crippen LogP contribution >= 0.6 is 0 Å². The summed E-state index contributed by atoms with van der Waals surface area (Å²) < 4.78 is 12.9. The molecule has 7 heteroatoms. The van der Waals surface area contributed by atoms with Gasteiger partial charge in [0.2, 0.25) is 5.91 Å². The van der Waals surface area contributed by atoms with E-state index in [4.69, 9.17) is 0 Å². The number of rotatable bonds is 3. The normalized spacial score (nSPS) is 21.4. The van der Waals surface area contributed by atoms with Crippen molar-refractivity contribution in [2.45, 2.75) is 31.7 Å². The molecule has 0 unspecified atom stereocenters. The number of piperidine rings is 1. The van der Waals surface area contributed by atoms with Crippen molar-refractivity contribution in [1.82, 2.24) is 10.3 Å². The first-order valence-corrected chi connectivity index (χ1v) is 7.78. The summed E-state index contributed by atoms with van der Waals surface area (Å²) >= 11 is 0. The second kappa shape index (κ2) is 6.76. The van der Waals surface area contributed by atoms with E-state index < -0.39 is 0 Å². The van der Waals surface area contributed by atoms with Gasteiger partial charge in [0.05, 0.1) is 0 Å². The molecule has 0 radical (unpaired) electrons. The number of nitrogens with one attached hydrogen (secondary N) is 2. The zero-order valence-electron chi connectivity index (χ0n) is 12.7. The van der Waals surface area contributed by atoms with E-state index in [0.29, 0.717) is 31.6 Å². The minimum Gasteiger partial charge on any atom is -0.381 e. The van der Waals surface area contributed by atoms with Gasteiger partial charge >= 0.3 is 0 Å². The van der Waals surface area contributed by atoms with Crippen molar-refractivity contribution in [3.8, 4) is 0 Å². The lowest BCUT2D eigenvalue weighted by molar-refractivity contribution is -0.125. The number of amides is 2. The molecule has 2 N–H and O–H groups in total. The molecule has 1 saturated heterocycles. The summed E-state index contributed by atoms with van der Waals surface area (Å²) in [4.78, 5) is 25.3. The van der Waals surface area contributed by atoms with Crippen LogP contribution < -0.4 is 10.7 Å². The number of halogens is 1. The molecular weight excluding hydrogens is 299 g/mol. The van der Waals surface area contributed by atoms with Crippen molar-refractivity contribution in [1.29, 1.82) is 0 Å². The van der Waals surface area contributed by atoms with Gasteiger partial charge in [-0.25, -0.2) is 9.82 Å². The van der Waals surface area contributed by atoms with Crippen molar-refractivity contribution in [3.05, 3.63) is 30.1 Å². The lowest BCUT2D eigenvalue weighted by atomic mass is 10.0. The predicted molar refractivity (Wildman–Crippen MR) is 84.4 cm³/mol. The summed E-state index contributed by atoms with van der Waals surface area (Å²) in [6.07, 6.45) is 2.53. The van der Waals surface area contributed by atoms with Gasteiger partial charge in [0.15, 0.2) is 0 Å². The van der Waals surface area contributed by atoms with Gasteiger partial charge in [-0.3, -0.25) is 9.59 Å². The summed E-state index contributed by atoms with van der Waals surface area (Å²) in [6, 6.07) is 6.33. The number of likely N-dealkylation sites (tertiary alicyclic amines) is 1. The highest BCUT2D eigenvalue weighted by Gasteiger charge is 2.28. The van der Waals surface area contributed by atoms with Crippen LogP contribution in [0.15, 0.2) is 29.4 Å². The van der Waals surface area contributed by atoms with Gasteiger partial charge in [-0.05, 0) is 37.1 Å². The van der Waals surface area contributed by atoms with E-state index in [9.17, 15) is 14.0 Å². The molecule has 1 fully saturated rings. The molecule has 2 aliphatic heterocycles. The third-order valence-corrected chi connectivity index (χ3v) is 4.07. The Labute approximate surface area is 133 Å². The summed E-state index contributed by atoms with van der Waals surface area (Å²) in [7, 11) is 0. The van der Waals surface area contributed by atoms with E-state index >= 15 is 0 Å². The first kappa shape index (κ1) is 15.5. The second-order valence-corrected chi connectivity index (χ2v) is 5.84. The number of hydrogen-bond acceptors (Lipinski definition) is 4. The summed E-state index contributed by atoms with van der Waals surface area (Å²) in [5, 5.41) is 7.20. The van der Waals surface area contributed by atoms with Gasteiger partial charge in [0.25, 0.3) is 5.91 Å². The third-order valence-electron chi connectivity index (χ3n) is 4.07. The molecule has 0 aliphatic carbocycles. The molecule has 2 amide bonds. The van der Waals surface area contributed by atoms with Crippen LogP contribution in [0.2, 0.25) is 0 Å². The van der Waals surface area contributed by atoms with Gasteiger partial charge in [0.1, 0.15) is 11.5 Å². The van der Waals surface area contributed by atoms with Crippen molar-refractivity contribution in [2.24, 2.45) is 5.10 Å². The van der Waals surface area contributed by atoms with E-state index in [-0.39, 0.29) is 23.7 Å². The molecule has 122 valence electrons. The van der Waals surface area contributed by atoms with Crippen LogP contribution in [-0.4, -0.2) is 41.6 Å². The first-order valence-electron chi connectivity index (χ1n) is 7.78. The van der Waals surface area contributed by atoms with E-state index in [1.54, 1.807) is 17.0 Å². The number of nitrogens with zero attached hydrogens (tertiary/aromatic N) is 2. The van der Waals surface area contributed by atoms with Crippen LogP contribution in [0.3, 0.4) is 0 Å². The van der Waals surface area contributed by atoms with Gasteiger partial charge in [-0.2, -0.15) is 5.10 Å². The van der Waals surface area contributed by atoms with Crippen LogP contribution in [0, 0.1) is 5.82 Å². The Balaban J connectivity index is 1.60. The fraction of sp³-hybridized carbons (Fsp3) is 0.438. The Morgan fingerprint density at radius 3 is 2.78 bits per heavy atom. The molecule has 6 nitrogen and oxygen atoms in total. The quantitative estimate of drug-likeness (QED) is 0.887. The van der Waals surface area contributed by atoms with Gasteiger partial charge < -0.3 is 10.2 Å². The van der Waals surface area contributed by atoms with Crippen LogP contribution in [0.5, 0.6) is 0 Å². The summed E-state index contributed by atoms with van der Waals surface area (Å²) in [5.74, 6) is -0.542. The monoisotopic (exact) mass is 318 g/mol. The van der Waals surface area contributed by atoms with Crippen molar-refractivity contribution < 1.29 is 14.0 Å². The maximum Gasteiger partial charge on any atom is 0.270 e. The number of hydrogen-bond donors (Lipinski definition) is 2.